The number of nitrogens with one attached hydrogen (secondary N) is 1. The number of carbonyl (C=O) groups excluding carboxylic acids is 2. The first-order valence-corrected chi connectivity index (χ1v) is 13.6. The van der Waals surface area contributed by atoms with E-state index >= 15 is 0 Å². The predicted octanol–water partition coefficient (Wildman–Crippen LogP) is 3.04. The molecule has 1 aliphatic heterocycles. The normalized spacial score (nSPS) is 13.2. The molecule has 0 unspecified atom stereocenters. The molecule has 9 nitrogen and oxygen atoms in total. The second-order valence-electron chi connectivity index (χ2n) is 8.59. The number of sulfonamides is 1. The van der Waals surface area contributed by atoms with Crippen molar-refractivity contribution < 1.29 is 31.9 Å². The molecule has 1 aliphatic rings. The van der Waals surface area contributed by atoms with Gasteiger partial charge in [-0.3, -0.25) is 13.9 Å². The van der Waals surface area contributed by atoms with Crippen LogP contribution in [0.2, 0.25) is 0 Å². The highest BCUT2D eigenvalue weighted by molar-refractivity contribution is 7.92. The zero-order valence-corrected chi connectivity index (χ0v) is 21.5. The molecule has 2 aromatic rings. The largest absolute Gasteiger partial charge is 0.454 e. The van der Waals surface area contributed by atoms with E-state index < -0.39 is 21.9 Å². The Labute approximate surface area is 211 Å². The SMILES string of the molecule is CCCNC(=O)[C@H](C)N(Cc1ccc(F)cc1)C(=O)CCCN(c1ccc2c(c1)OCO2)S(C)(=O)=O. The van der Waals surface area contributed by atoms with Gasteiger partial charge < -0.3 is 19.7 Å². The van der Waals surface area contributed by atoms with Gasteiger partial charge in [-0.2, -0.15) is 0 Å². The van der Waals surface area contributed by atoms with E-state index in [2.05, 4.69) is 5.32 Å². The highest BCUT2D eigenvalue weighted by atomic mass is 32.2. The fourth-order valence-electron chi connectivity index (χ4n) is 3.81. The second-order valence-corrected chi connectivity index (χ2v) is 10.5. The Bertz CT molecular complexity index is 1170. The van der Waals surface area contributed by atoms with Crippen molar-refractivity contribution in [3.63, 3.8) is 0 Å². The number of ether oxygens (including phenoxy) is 2. The number of anilines is 1. The van der Waals surface area contributed by atoms with E-state index in [1.54, 1.807) is 37.3 Å². The smallest absolute Gasteiger partial charge is 0.242 e. The molecule has 1 atom stereocenters. The molecule has 0 spiro atoms. The number of hydrogen-bond donors (Lipinski definition) is 1. The summed E-state index contributed by atoms with van der Waals surface area (Å²) in [7, 11) is -3.63. The zero-order chi connectivity index (χ0) is 26.3. The van der Waals surface area contributed by atoms with Crippen molar-refractivity contribution >= 4 is 27.5 Å². The van der Waals surface area contributed by atoms with Gasteiger partial charge in [0.05, 0.1) is 11.9 Å². The lowest BCUT2D eigenvalue weighted by atomic mass is 10.1. The van der Waals surface area contributed by atoms with Crippen molar-refractivity contribution in [2.75, 3.05) is 30.4 Å². The third-order valence-corrected chi connectivity index (χ3v) is 6.97. The molecule has 0 saturated carbocycles. The molecule has 196 valence electrons. The van der Waals surface area contributed by atoms with Crippen LogP contribution in [0.25, 0.3) is 0 Å². The standard InChI is InChI=1S/C25H32FN3O6S/c1-4-13-27-25(31)18(2)28(16-19-7-9-20(26)10-8-19)24(30)6-5-14-29(36(3,32)33)21-11-12-22-23(15-21)35-17-34-22/h7-12,15,18H,4-6,13-14,16-17H2,1-3H3,(H,27,31)/t18-/m0/s1. The second kappa shape index (κ2) is 12.1. The molecule has 0 saturated heterocycles. The van der Waals surface area contributed by atoms with Crippen LogP contribution in [0, 0.1) is 5.82 Å². The highest BCUT2D eigenvalue weighted by Gasteiger charge is 2.27. The van der Waals surface area contributed by atoms with Crippen LogP contribution in [0.4, 0.5) is 10.1 Å². The quantitative estimate of drug-likeness (QED) is 0.460. The fraction of sp³-hybridized carbons (Fsp3) is 0.440. The van der Waals surface area contributed by atoms with Crippen molar-refractivity contribution in [3.8, 4) is 11.5 Å². The number of halogens is 1. The molecule has 0 fully saturated rings. The number of fused-ring (bicyclic) bond motifs is 1. The van der Waals surface area contributed by atoms with Crippen LogP contribution in [-0.2, 0) is 26.2 Å². The van der Waals surface area contributed by atoms with E-state index in [0.29, 0.717) is 29.3 Å². The lowest BCUT2D eigenvalue weighted by Gasteiger charge is -2.29. The van der Waals surface area contributed by atoms with Crippen LogP contribution in [0.1, 0.15) is 38.7 Å². The van der Waals surface area contributed by atoms with E-state index in [9.17, 15) is 22.4 Å². The number of carbonyl (C=O) groups is 2. The average Bonchev–Trinajstić information content (AvgIpc) is 3.31. The summed E-state index contributed by atoms with van der Waals surface area (Å²) in [5, 5.41) is 2.80. The predicted molar refractivity (Wildman–Crippen MR) is 134 cm³/mol. The van der Waals surface area contributed by atoms with E-state index in [1.165, 1.54) is 21.3 Å². The maximum Gasteiger partial charge on any atom is 0.242 e. The Balaban J connectivity index is 1.71. The first-order valence-electron chi connectivity index (χ1n) is 11.8. The molecule has 2 amide bonds. The van der Waals surface area contributed by atoms with Gasteiger partial charge in [0.15, 0.2) is 11.5 Å². The van der Waals surface area contributed by atoms with Crippen LogP contribution in [0.3, 0.4) is 0 Å². The first-order chi connectivity index (χ1) is 17.1. The van der Waals surface area contributed by atoms with Gasteiger partial charge >= 0.3 is 0 Å². The molecule has 2 aromatic carbocycles. The highest BCUT2D eigenvalue weighted by Crippen LogP contribution is 2.36. The number of rotatable bonds is 12. The maximum atomic E-state index is 13.3. The minimum Gasteiger partial charge on any atom is -0.454 e. The first kappa shape index (κ1) is 27.3. The molecule has 1 heterocycles. The summed E-state index contributed by atoms with van der Waals surface area (Å²) in [6, 6.07) is 9.83. The number of nitrogens with zero attached hydrogens (tertiary/aromatic N) is 2. The molecule has 1 N–H and O–H groups in total. The summed E-state index contributed by atoms with van der Waals surface area (Å²) in [4.78, 5) is 27.3. The fourth-order valence-corrected chi connectivity index (χ4v) is 4.77. The van der Waals surface area contributed by atoms with Gasteiger partial charge in [0.1, 0.15) is 11.9 Å². The Hall–Kier alpha value is -3.34. The van der Waals surface area contributed by atoms with E-state index in [1.807, 2.05) is 6.92 Å². The molecule has 0 aromatic heterocycles. The maximum absolute atomic E-state index is 13.3. The van der Waals surface area contributed by atoms with E-state index in [-0.39, 0.29) is 44.5 Å². The molecular formula is C25H32FN3O6S. The third kappa shape index (κ3) is 7.09. The minimum atomic E-state index is -3.63. The third-order valence-electron chi connectivity index (χ3n) is 5.78. The summed E-state index contributed by atoms with van der Waals surface area (Å²) >= 11 is 0. The average molecular weight is 522 g/mol. The van der Waals surface area contributed by atoms with Crippen LogP contribution in [0.5, 0.6) is 11.5 Å². The van der Waals surface area contributed by atoms with Gasteiger partial charge in [-0.05, 0) is 49.6 Å². The molecular weight excluding hydrogens is 489 g/mol. The van der Waals surface area contributed by atoms with E-state index in [0.717, 1.165) is 12.7 Å². The van der Waals surface area contributed by atoms with Gasteiger partial charge in [0.2, 0.25) is 28.6 Å². The Kier molecular flexibility index (Phi) is 9.14. The Morgan fingerprint density at radius 3 is 2.47 bits per heavy atom. The molecule has 0 radical (unpaired) electrons. The van der Waals surface area contributed by atoms with Crippen LogP contribution >= 0.6 is 0 Å². The van der Waals surface area contributed by atoms with Crippen molar-refractivity contribution in [1.82, 2.24) is 10.2 Å². The summed E-state index contributed by atoms with van der Waals surface area (Å²) < 4.78 is 50.2. The van der Waals surface area contributed by atoms with E-state index in [4.69, 9.17) is 9.47 Å². The number of hydrogen-bond acceptors (Lipinski definition) is 6. The summed E-state index contributed by atoms with van der Waals surface area (Å²) in [6.45, 7) is 4.31. The topological polar surface area (TPSA) is 105 Å². The van der Waals surface area contributed by atoms with Gasteiger partial charge in [-0.15, -0.1) is 0 Å². The van der Waals surface area contributed by atoms with Gasteiger partial charge in [0, 0.05) is 32.1 Å². The van der Waals surface area contributed by atoms with Crippen molar-refractivity contribution in [1.29, 1.82) is 0 Å². The van der Waals surface area contributed by atoms with Gasteiger partial charge in [-0.1, -0.05) is 19.1 Å². The summed E-state index contributed by atoms with van der Waals surface area (Å²) in [5.41, 5.74) is 1.09. The Morgan fingerprint density at radius 2 is 1.81 bits per heavy atom. The molecule has 36 heavy (non-hydrogen) atoms. The Morgan fingerprint density at radius 1 is 1.11 bits per heavy atom. The van der Waals surface area contributed by atoms with Gasteiger partial charge in [-0.25, -0.2) is 12.8 Å². The van der Waals surface area contributed by atoms with Crippen molar-refractivity contribution in [3.05, 3.63) is 53.8 Å². The lowest BCUT2D eigenvalue weighted by Crippen LogP contribution is -2.47. The monoisotopic (exact) mass is 521 g/mol. The van der Waals surface area contributed by atoms with Gasteiger partial charge in [0.25, 0.3) is 0 Å². The summed E-state index contributed by atoms with van der Waals surface area (Å²) in [5.74, 6) is 0.00144. The van der Waals surface area contributed by atoms with Crippen LogP contribution in [0.15, 0.2) is 42.5 Å². The number of benzene rings is 2. The molecule has 0 bridgehead atoms. The molecule has 11 heteroatoms. The molecule has 3 rings (SSSR count). The summed E-state index contributed by atoms with van der Waals surface area (Å²) in [6.07, 6.45) is 2.10. The number of amides is 2. The van der Waals surface area contributed by atoms with Crippen molar-refractivity contribution in [2.24, 2.45) is 0 Å². The minimum absolute atomic E-state index is 0.0170. The molecule has 0 aliphatic carbocycles. The lowest BCUT2D eigenvalue weighted by molar-refractivity contribution is -0.140. The zero-order valence-electron chi connectivity index (χ0n) is 20.7. The van der Waals surface area contributed by atoms with Crippen LogP contribution < -0.4 is 19.1 Å². The van der Waals surface area contributed by atoms with Crippen molar-refractivity contribution in [2.45, 2.75) is 45.7 Å². The van der Waals surface area contributed by atoms with Crippen LogP contribution in [-0.4, -0.2) is 57.3 Å².